The van der Waals surface area contributed by atoms with Gasteiger partial charge in [0.15, 0.2) is 0 Å². The van der Waals surface area contributed by atoms with E-state index in [1.165, 1.54) is 0 Å². The summed E-state index contributed by atoms with van der Waals surface area (Å²) in [4.78, 5) is 0. The molecule has 0 bridgehead atoms. The summed E-state index contributed by atoms with van der Waals surface area (Å²) in [5, 5.41) is 0. The molecule has 0 amide bonds. The molecule has 1 aliphatic heterocycles. The predicted molar refractivity (Wildman–Crippen MR) is 78.5 cm³/mol. The molecular formula is C16H32O3. The van der Waals surface area contributed by atoms with Crippen LogP contribution in [0.4, 0.5) is 0 Å². The maximum atomic E-state index is 6.12. The van der Waals surface area contributed by atoms with Crippen molar-refractivity contribution in [2.24, 2.45) is 5.41 Å². The average molecular weight is 272 g/mol. The molecule has 0 radical (unpaired) electrons. The summed E-state index contributed by atoms with van der Waals surface area (Å²) < 4.78 is 17.4. The maximum Gasteiger partial charge on any atom is 0.0648 e. The Kier molecular flexibility index (Phi) is 5.84. The first-order valence-electron chi connectivity index (χ1n) is 7.60. The van der Waals surface area contributed by atoms with E-state index in [1.54, 1.807) is 0 Å². The van der Waals surface area contributed by atoms with Crippen molar-refractivity contribution in [3.8, 4) is 0 Å². The van der Waals surface area contributed by atoms with Crippen molar-refractivity contribution in [1.29, 1.82) is 0 Å². The molecule has 0 N–H and O–H groups in total. The van der Waals surface area contributed by atoms with Gasteiger partial charge in [0.05, 0.1) is 37.6 Å². The Balaban J connectivity index is 2.27. The van der Waals surface area contributed by atoms with Gasteiger partial charge in [0.25, 0.3) is 0 Å². The lowest BCUT2D eigenvalue weighted by Crippen LogP contribution is -2.47. The maximum absolute atomic E-state index is 6.12. The molecule has 0 unspecified atom stereocenters. The molecule has 0 aromatic rings. The summed E-state index contributed by atoms with van der Waals surface area (Å²) in [6.45, 7) is 16.2. The van der Waals surface area contributed by atoms with Crippen LogP contribution >= 0.6 is 0 Å². The van der Waals surface area contributed by atoms with E-state index in [0.29, 0.717) is 0 Å². The minimum Gasteiger partial charge on any atom is -0.380 e. The second-order valence-corrected chi connectivity index (χ2v) is 7.11. The van der Waals surface area contributed by atoms with Crippen LogP contribution in [0.5, 0.6) is 0 Å². The SMILES string of the molecule is CCC1(COC(C)(C)CCOC(C)(C)CC)COC1. The van der Waals surface area contributed by atoms with E-state index < -0.39 is 0 Å². The zero-order valence-electron chi connectivity index (χ0n) is 13.7. The van der Waals surface area contributed by atoms with Crippen molar-refractivity contribution < 1.29 is 14.2 Å². The van der Waals surface area contributed by atoms with Crippen LogP contribution in [0.15, 0.2) is 0 Å². The highest BCUT2D eigenvalue weighted by atomic mass is 16.5. The number of rotatable bonds is 9. The van der Waals surface area contributed by atoms with Crippen molar-refractivity contribution >= 4 is 0 Å². The van der Waals surface area contributed by atoms with E-state index in [0.717, 1.165) is 45.7 Å². The van der Waals surface area contributed by atoms with Crippen LogP contribution in [0.3, 0.4) is 0 Å². The Morgan fingerprint density at radius 3 is 2.05 bits per heavy atom. The Hall–Kier alpha value is -0.120. The smallest absolute Gasteiger partial charge is 0.0648 e. The highest BCUT2D eigenvalue weighted by molar-refractivity contribution is 4.85. The summed E-state index contributed by atoms with van der Waals surface area (Å²) in [7, 11) is 0. The Labute approximate surface area is 119 Å². The van der Waals surface area contributed by atoms with Crippen LogP contribution in [0.2, 0.25) is 0 Å². The second-order valence-electron chi connectivity index (χ2n) is 7.11. The molecule has 19 heavy (non-hydrogen) atoms. The highest BCUT2D eigenvalue weighted by Crippen LogP contribution is 2.33. The molecule has 1 rings (SSSR count). The summed E-state index contributed by atoms with van der Waals surface area (Å²) in [5.41, 5.74) is 0.116. The largest absolute Gasteiger partial charge is 0.380 e. The summed E-state index contributed by atoms with van der Waals surface area (Å²) in [5.74, 6) is 0. The molecule has 1 fully saturated rings. The molecule has 3 heteroatoms. The minimum atomic E-state index is -0.123. The molecule has 1 aliphatic rings. The zero-order valence-corrected chi connectivity index (χ0v) is 13.7. The Morgan fingerprint density at radius 1 is 1.00 bits per heavy atom. The van der Waals surface area contributed by atoms with Gasteiger partial charge in [0.2, 0.25) is 0 Å². The lowest BCUT2D eigenvalue weighted by Gasteiger charge is -2.42. The number of hydrogen-bond donors (Lipinski definition) is 0. The van der Waals surface area contributed by atoms with Crippen molar-refractivity contribution in [1.82, 2.24) is 0 Å². The molecule has 0 aromatic heterocycles. The molecule has 0 atom stereocenters. The van der Waals surface area contributed by atoms with Gasteiger partial charge in [0.1, 0.15) is 0 Å². The molecule has 0 spiro atoms. The fourth-order valence-corrected chi connectivity index (χ4v) is 1.88. The van der Waals surface area contributed by atoms with Crippen molar-refractivity contribution in [3.63, 3.8) is 0 Å². The first-order chi connectivity index (χ1) is 8.74. The second kappa shape index (κ2) is 6.55. The summed E-state index contributed by atoms with van der Waals surface area (Å²) in [6, 6.07) is 0. The van der Waals surface area contributed by atoms with Crippen LogP contribution in [-0.4, -0.2) is 37.6 Å². The average Bonchev–Trinajstić information content (AvgIpc) is 2.27. The molecule has 0 aliphatic carbocycles. The van der Waals surface area contributed by atoms with Gasteiger partial charge in [-0.2, -0.15) is 0 Å². The Bertz CT molecular complexity index is 262. The van der Waals surface area contributed by atoms with Gasteiger partial charge < -0.3 is 14.2 Å². The third kappa shape index (κ3) is 5.41. The van der Waals surface area contributed by atoms with Crippen LogP contribution in [0, 0.1) is 5.41 Å². The van der Waals surface area contributed by atoms with Crippen LogP contribution in [0.1, 0.15) is 60.8 Å². The highest BCUT2D eigenvalue weighted by Gasteiger charge is 2.38. The van der Waals surface area contributed by atoms with Crippen LogP contribution in [-0.2, 0) is 14.2 Å². The standard InChI is InChI=1S/C16H32O3/c1-7-14(3,4)18-10-9-15(5,6)19-13-16(8-2)11-17-12-16/h7-13H2,1-6H3. The van der Waals surface area contributed by atoms with E-state index in [4.69, 9.17) is 14.2 Å². The molecule has 114 valence electrons. The van der Waals surface area contributed by atoms with Gasteiger partial charge in [-0.3, -0.25) is 0 Å². The minimum absolute atomic E-state index is 0.0253. The van der Waals surface area contributed by atoms with Gasteiger partial charge >= 0.3 is 0 Å². The number of ether oxygens (including phenoxy) is 3. The number of hydrogen-bond acceptors (Lipinski definition) is 3. The van der Waals surface area contributed by atoms with Gasteiger partial charge in [-0.25, -0.2) is 0 Å². The van der Waals surface area contributed by atoms with Crippen LogP contribution < -0.4 is 0 Å². The van der Waals surface area contributed by atoms with E-state index in [1.807, 2.05) is 0 Å². The molecular weight excluding hydrogens is 240 g/mol. The summed E-state index contributed by atoms with van der Waals surface area (Å²) in [6.07, 6.45) is 3.09. The molecule has 0 aromatic carbocycles. The van der Waals surface area contributed by atoms with Crippen LogP contribution in [0.25, 0.3) is 0 Å². The van der Waals surface area contributed by atoms with E-state index in [-0.39, 0.29) is 16.6 Å². The first-order valence-corrected chi connectivity index (χ1v) is 7.60. The molecule has 3 nitrogen and oxygen atoms in total. The fourth-order valence-electron chi connectivity index (χ4n) is 1.88. The first kappa shape index (κ1) is 16.9. The molecule has 1 saturated heterocycles. The quantitative estimate of drug-likeness (QED) is 0.639. The van der Waals surface area contributed by atoms with Crippen molar-refractivity contribution in [2.75, 3.05) is 26.4 Å². The monoisotopic (exact) mass is 272 g/mol. The van der Waals surface area contributed by atoms with Gasteiger partial charge in [-0.15, -0.1) is 0 Å². The normalized spacial score (nSPS) is 19.3. The lowest BCUT2D eigenvalue weighted by atomic mass is 9.84. The Morgan fingerprint density at radius 2 is 1.63 bits per heavy atom. The molecule has 1 heterocycles. The summed E-state index contributed by atoms with van der Waals surface area (Å²) >= 11 is 0. The van der Waals surface area contributed by atoms with E-state index >= 15 is 0 Å². The zero-order chi connectivity index (χ0) is 14.6. The fraction of sp³-hybridized carbons (Fsp3) is 1.00. The van der Waals surface area contributed by atoms with Crippen molar-refractivity contribution in [3.05, 3.63) is 0 Å². The van der Waals surface area contributed by atoms with Gasteiger partial charge in [0, 0.05) is 5.41 Å². The van der Waals surface area contributed by atoms with E-state index in [9.17, 15) is 0 Å². The third-order valence-electron chi connectivity index (χ3n) is 4.38. The predicted octanol–water partition coefficient (Wildman–Crippen LogP) is 3.80. The van der Waals surface area contributed by atoms with Gasteiger partial charge in [-0.1, -0.05) is 13.8 Å². The van der Waals surface area contributed by atoms with Gasteiger partial charge in [-0.05, 0) is 47.0 Å². The lowest BCUT2D eigenvalue weighted by molar-refractivity contribution is -0.178. The van der Waals surface area contributed by atoms with Crippen molar-refractivity contribution in [2.45, 2.75) is 72.0 Å². The topological polar surface area (TPSA) is 27.7 Å². The van der Waals surface area contributed by atoms with E-state index in [2.05, 4.69) is 41.5 Å². The third-order valence-corrected chi connectivity index (χ3v) is 4.38. The molecule has 0 saturated carbocycles.